The van der Waals surface area contributed by atoms with Gasteiger partial charge in [-0.15, -0.1) is 0 Å². The monoisotopic (exact) mass is 258 g/mol. The number of nitrogens with one attached hydrogen (secondary N) is 1. The van der Waals surface area contributed by atoms with Gasteiger partial charge >= 0.3 is 5.97 Å². The van der Waals surface area contributed by atoms with Crippen molar-refractivity contribution in [2.24, 2.45) is 0 Å². The molecule has 1 aromatic carbocycles. The molecule has 1 fully saturated rings. The van der Waals surface area contributed by atoms with Crippen molar-refractivity contribution >= 4 is 22.8 Å². The van der Waals surface area contributed by atoms with E-state index >= 15 is 0 Å². The SMILES string of the molecule is O=C(Cn1c(C(=O)O)cc2ccccc21)NC1CC1. The van der Waals surface area contributed by atoms with E-state index in [9.17, 15) is 14.7 Å². The van der Waals surface area contributed by atoms with Crippen molar-refractivity contribution < 1.29 is 14.7 Å². The molecule has 19 heavy (non-hydrogen) atoms. The van der Waals surface area contributed by atoms with E-state index in [4.69, 9.17) is 0 Å². The van der Waals surface area contributed by atoms with Crippen LogP contribution in [0, 0.1) is 0 Å². The summed E-state index contributed by atoms with van der Waals surface area (Å²) >= 11 is 0. The smallest absolute Gasteiger partial charge is 0.352 e. The molecule has 5 nitrogen and oxygen atoms in total. The summed E-state index contributed by atoms with van der Waals surface area (Å²) in [5, 5.41) is 12.9. The summed E-state index contributed by atoms with van der Waals surface area (Å²) in [5.41, 5.74) is 0.915. The first-order valence-corrected chi connectivity index (χ1v) is 6.26. The van der Waals surface area contributed by atoms with Crippen LogP contribution in [0.15, 0.2) is 30.3 Å². The van der Waals surface area contributed by atoms with Crippen LogP contribution in [-0.2, 0) is 11.3 Å². The second-order valence-corrected chi connectivity index (χ2v) is 4.82. The third kappa shape index (κ3) is 2.31. The Bertz CT molecular complexity index is 656. The van der Waals surface area contributed by atoms with Crippen LogP contribution in [-0.4, -0.2) is 27.6 Å². The largest absolute Gasteiger partial charge is 0.477 e. The van der Waals surface area contributed by atoms with Gasteiger partial charge < -0.3 is 15.0 Å². The number of aromatic nitrogens is 1. The Morgan fingerprint density at radius 3 is 2.74 bits per heavy atom. The van der Waals surface area contributed by atoms with Crippen LogP contribution < -0.4 is 5.32 Å². The van der Waals surface area contributed by atoms with Crippen molar-refractivity contribution in [2.45, 2.75) is 25.4 Å². The van der Waals surface area contributed by atoms with E-state index in [1.807, 2.05) is 24.3 Å². The molecule has 0 spiro atoms. The number of benzene rings is 1. The Hall–Kier alpha value is -2.30. The van der Waals surface area contributed by atoms with E-state index in [2.05, 4.69) is 5.32 Å². The third-order valence-electron chi connectivity index (χ3n) is 3.27. The Kier molecular flexibility index (Phi) is 2.74. The Morgan fingerprint density at radius 2 is 2.05 bits per heavy atom. The zero-order valence-corrected chi connectivity index (χ0v) is 10.3. The molecule has 1 aliphatic rings. The van der Waals surface area contributed by atoms with Gasteiger partial charge in [0.25, 0.3) is 0 Å². The predicted octanol–water partition coefficient (Wildman–Crippen LogP) is 1.62. The van der Waals surface area contributed by atoms with Gasteiger partial charge in [0.15, 0.2) is 0 Å². The molecule has 0 aliphatic heterocycles. The van der Waals surface area contributed by atoms with Gasteiger partial charge in [-0.1, -0.05) is 18.2 Å². The van der Waals surface area contributed by atoms with Gasteiger partial charge in [-0.05, 0) is 25.0 Å². The lowest BCUT2D eigenvalue weighted by Crippen LogP contribution is -2.30. The number of nitrogens with zero attached hydrogens (tertiary/aromatic N) is 1. The summed E-state index contributed by atoms with van der Waals surface area (Å²) in [6, 6.07) is 9.24. The topological polar surface area (TPSA) is 71.3 Å². The molecule has 0 unspecified atom stereocenters. The van der Waals surface area contributed by atoms with Crippen LogP contribution in [0.3, 0.4) is 0 Å². The molecule has 1 saturated carbocycles. The summed E-state index contributed by atoms with van der Waals surface area (Å²) < 4.78 is 1.55. The fourth-order valence-electron chi connectivity index (χ4n) is 2.20. The maximum Gasteiger partial charge on any atom is 0.352 e. The van der Waals surface area contributed by atoms with Crippen LogP contribution in [0.5, 0.6) is 0 Å². The average Bonchev–Trinajstić information content (AvgIpc) is 3.10. The van der Waals surface area contributed by atoms with Gasteiger partial charge in [0.2, 0.25) is 5.91 Å². The highest BCUT2D eigenvalue weighted by Crippen LogP contribution is 2.21. The first kappa shape index (κ1) is 11.8. The molecule has 98 valence electrons. The molecule has 0 atom stereocenters. The van der Waals surface area contributed by atoms with Crippen molar-refractivity contribution in [2.75, 3.05) is 0 Å². The van der Waals surface area contributed by atoms with Crippen LogP contribution >= 0.6 is 0 Å². The number of para-hydroxylation sites is 1. The fraction of sp³-hybridized carbons (Fsp3) is 0.286. The summed E-state index contributed by atoms with van der Waals surface area (Å²) in [4.78, 5) is 23.1. The molecular weight excluding hydrogens is 244 g/mol. The first-order valence-electron chi connectivity index (χ1n) is 6.26. The van der Waals surface area contributed by atoms with Crippen molar-refractivity contribution in [3.63, 3.8) is 0 Å². The summed E-state index contributed by atoms with van der Waals surface area (Å²) in [5.74, 6) is -1.15. The highest BCUT2D eigenvalue weighted by atomic mass is 16.4. The van der Waals surface area contributed by atoms with Crippen LogP contribution in [0.1, 0.15) is 23.3 Å². The quantitative estimate of drug-likeness (QED) is 0.875. The molecule has 5 heteroatoms. The van der Waals surface area contributed by atoms with Crippen molar-refractivity contribution in [3.8, 4) is 0 Å². The molecule has 1 amide bonds. The highest BCUT2D eigenvalue weighted by Gasteiger charge is 2.24. The number of carbonyl (C=O) groups is 2. The number of carboxylic acid groups (broad SMARTS) is 1. The molecule has 0 bridgehead atoms. The average molecular weight is 258 g/mol. The summed E-state index contributed by atoms with van der Waals surface area (Å²) in [6.45, 7) is 0.0473. The van der Waals surface area contributed by atoms with E-state index in [0.717, 1.165) is 23.7 Å². The minimum Gasteiger partial charge on any atom is -0.477 e. The molecule has 1 aromatic heterocycles. The maximum atomic E-state index is 11.9. The maximum absolute atomic E-state index is 11.9. The standard InChI is InChI=1S/C14H14N2O3/c17-13(15-10-5-6-10)8-16-11-4-2-1-3-9(11)7-12(16)14(18)19/h1-4,7,10H,5-6,8H2,(H,15,17)(H,18,19). The summed E-state index contributed by atoms with van der Waals surface area (Å²) in [7, 11) is 0. The van der Waals surface area contributed by atoms with E-state index in [1.54, 1.807) is 10.6 Å². The van der Waals surface area contributed by atoms with E-state index in [1.165, 1.54) is 0 Å². The van der Waals surface area contributed by atoms with E-state index < -0.39 is 5.97 Å². The van der Waals surface area contributed by atoms with Gasteiger partial charge in [-0.3, -0.25) is 4.79 Å². The number of aromatic carboxylic acids is 1. The van der Waals surface area contributed by atoms with E-state index in [-0.39, 0.29) is 24.2 Å². The Balaban J connectivity index is 1.96. The fourth-order valence-corrected chi connectivity index (χ4v) is 2.20. The second kappa shape index (κ2) is 4.42. The first-order chi connectivity index (χ1) is 9.15. The van der Waals surface area contributed by atoms with Gasteiger partial charge in [0, 0.05) is 16.9 Å². The molecule has 0 radical (unpaired) electrons. The molecule has 3 rings (SSSR count). The van der Waals surface area contributed by atoms with Gasteiger partial charge in [-0.25, -0.2) is 4.79 Å². The van der Waals surface area contributed by atoms with Crippen molar-refractivity contribution in [1.82, 2.24) is 9.88 Å². The number of hydrogen-bond donors (Lipinski definition) is 2. The van der Waals surface area contributed by atoms with Gasteiger partial charge in [0.1, 0.15) is 12.2 Å². The van der Waals surface area contributed by atoms with Gasteiger partial charge in [-0.2, -0.15) is 0 Å². The molecule has 1 aliphatic carbocycles. The zero-order valence-electron chi connectivity index (χ0n) is 10.3. The minimum atomic E-state index is -1.02. The number of hydrogen-bond acceptors (Lipinski definition) is 2. The predicted molar refractivity (Wildman–Crippen MR) is 70.1 cm³/mol. The molecule has 2 N–H and O–H groups in total. The third-order valence-corrected chi connectivity index (χ3v) is 3.27. The number of carbonyl (C=O) groups excluding carboxylic acids is 1. The van der Waals surface area contributed by atoms with Gasteiger partial charge in [0.05, 0.1) is 0 Å². The van der Waals surface area contributed by atoms with Crippen molar-refractivity contribution in [1.29, 1.82) is 0 Å². The lowest BCUT2D eigenvalue weighted by molar-refractivity contribution is -0.121. The second-order valence-electron chi connectivity index (χ2n) is 4.82. The van der Waals surface area contributed by atoms with Crippen LogP contribution in [0.4, 0.5) is 0 Å². The Labute approximate surface area is 109 Å². The van der Waals surface area contributed by atoms with Crippen LogP contribution in [0.25, 0.3) is 10.9 Å². The molecule has 0 saturated heterocycles. The minimum absolute atomic E-state index is 0.0473. The normalized spacial score (nSPS) is 14.5. The zero-order chi connectivity index (χ0) is 13.4. The molecule has 1 heterocycles. The molecule has 2 aromatic rings. The molecular formula is C14H14N2O3. The van der Waals surface area contributed by atoms with Crippen molar-refractivity contribution in [3.05, 3.63) is 36.0 Å². The number of rotatable bonds is 4. The Morgan fingerprint density at radius 1 is 1.32 bits per heavy atom. The summed E-state index contributed by atoms with van der Waals surface area (Å²) in [6.07, 6.45) is 2.04. The number of amides is 1. The highest BCUT2D eigenvalue weighted by molar-refractivity contribution is 5.95. The van der Waals surface area contributed by atoms with Crippen LogP contribution in [0.2, 0.25) is 0 Å². The number of carboxylic acids is 1. The van der Waals surface area contributed by atoms with E-state index in [0.29, 0.717) is 0 Å². The lowest BCUT2D eigenvalue weighted by Gasteiger charge is -2.08. The lowest BCUT2D eigenvalue weighted by atomic mass is 10.2. The number of fused-ring (bicyclic) bond motifs is 1.